The van der Waals surface area contributed by atoms with Gasteiger partial charge in [-0.25, -0.2) is 4.79 Å². The molecule has 0 spiro atoms. The largest absolute Gasteiger partial charge is 0.466 e. The monoisotopic (exact) mass is 338 g/mol. The molecule has 0 unspecified atom stereocenters. The third-order valence-electron chi connectivity index (χ3n) is 5.22. The molecule has 0 saturated heterocycles. The lowest BCUT2D eigenvalue weighted by atomic mass is 9.84. The summed E-state index contributed by atoms with van der Waals surface area (Å²) in [7, 11) is -0.564. The standard InChI is InChI=1S/C17H26O5Si/c1-17(2,3)23(5,6)22-9-11-7-8-12-13(15(18)20-4)10-21-16(19)14(11)12/h7,10,12,14H,8-9H2,1-6H3/t12-,14-/m1/s1. The lowest BCUT2D eigenvalue weighted by molar-refractivity contribution is -0.146. The van der Waals surface area contributed by atoms with E-state index in [1.54, 1.807) is 0 Å². The van der Waals surface area contributed by atoms with Crippen molar-refractivity contribution in [2.75, 3.05) is 13.7 Å². The van der Waals surface area contributed by atoms with E-state index in [1.165, 1.54) is 13.4 Å². The van der Waals surface area contributed by atoms with Gasteiger partial charge in [-0.15, -0.1) is 0 Å². The fourth-order valence-corrected chi connectivity index (χ4v) is 3.61. The maximum absolute atomic E-state index is 12.2. The maximum atomic E-state index is 12.2. The van der Waals surface area contributed by atoms with Crippen molar-refractivity contribution in [1.82, 2.24) is 0 Å². The van der Waals surface area contributed by atoms with Crippen LogP contribution in [0.3, 0.4) is 0 Å². The maximum Gasteiger partial charge on any atom is 0.337 e. The van der Waals surface area contributed by atoms with Crippen LogP contribution in [0.15, 0.2) is 23.5 Å². The SMILES string of the molecule is COC(=O)C1=COC(=O)[C@@H]2C(CO[Si](C)(C)C(C)(C)C)=CC[C@H]12. The zero-order valence-electron chi connectivity index (χ0n) is 14.8. The number of hydrogen-bond donors (Lipinski definition) is 0. The Labute approximate surface area is 138 Å². The van der Waals surface area contributed by atoms with E-state index in [2.05, 4.69) is 33.9 Å². The van der Waals surface area contributed by atoms with Gasteiger partial charge >= 0.3 is 11.9 Å². The molecule has 2 aliphatic rings. The van der Waals surface area contributed by atoms with Crippen molar-refractivity contribution in [1.29, 1.82) is 0 Å². The summed E-state index contributed by atoms with van der Waals surface area (Å²) in [6.07, 6.45) is 3.88. The highest BCUT2D eigenvalue weighted by molar-refractivity contribution is 6.74. The van der Waals surface area contributed by atoms with Crippen LogP contribution >= 0.6 is 0 Å². The zero-order chi connectivity index (χ0) is 17.4. The Morgan fingerprint density at radius 3 is 2.61 bits per heavy atom. The smallest absolute Gasteiger partial charge is 0.337 e. The number of cyclic esters (lactones) is 1. The third kappa shape index (κ3) is 3.43. The Balaban J connectivity index is 2.12. The zero-order valence-corrected chi connectivity index (χ0v) is 15.8. The number of rotatable bonds is 4. The molecule has 6 heteroatoms. The molecule has 128 valence electrons. The summed E-state index contributed by atoms with van der Waals surface area (Å²) in [5.41, 5.74) is 1.34. The van der Waals surface area contributed by atoms with Gasteiger partial charge in [0.1, 0.15) is 6.26 Å². The van der Waals surface area contributed by atoms with Crippen LogP contribution in [-0.4, -0.2) is 34.0 Å². The minimum atomic E-state index is -1.90. The van der Waals surface area contributed by atoms with Crippen molar-refractivity contribution in [2.24, 2.45) is 11.8 Å². The van der Waals surface area contributed by atoms with Crippen molar-refractivity contribution in [2.45, 2.75) is 45.3 Å². The molecule has 0 aromatic carbocycles. The number of methoxy groups -OCH3 is 1. The van der Waals surface area contributed by atoms with Crippen molar-refractivity contribution in [3.8, 4) is 0 Å². The number of allylic oxidation sites excluding steroid dienone is 1. The molecule has 23 heavy (non-hydrogen) atoms. The van der Waals surface area contributed by atoms with Crippen molar-refractivity contribution in [3.63, 3.8) is 0 Å². The second-order valence-electron chi connectivity index (χ2n) is 7.65. The summed E-state index contributed by atoms with van der Waals surface area (Å²) < 4.78 is 16.1. The number of ether oxygens (including phenoxy) is 2. The van der Waals surface area contributed by atoms with Crippen LogP contribution < -0.4 is 0 Å². The predicted molar refractivity (Wildman–Crippen MR) is 89.0 cm³/mol. The van der Waals surface area contributed by atoms with Gasteiger partial charge in [-0.05, 0) is 30.1 Å². The minimum absolute atomic E-state index is 0.107. The Bertz CT molecular complexity index is 568. The number of fused-ring (bicyclic) bond motifs is 1. The third-order valence-corrected chi connectivity index (χ3v) is 9.70. The van der Waals surface area contributed by atoms with Crippen molar-refractivity contribution in [3.05, 3.63) is 23.5 Å². The Morgan fingerprint density at radius 1 is 1.39 bits per heavy atom. The van der Waals surface area contributed by atoms with E-state index in [1.807, 2.05) is 6.08 Å². The molecule has 0 N–H and O–H groups in total. The average molecular weight is 338 g/mol. The summed E-state index contributed by atoms with van der Waals surface area (Å²) in [5.74, 6) is -1.38. The van der Waals surface area contributed by atoms with Crippen LogP contribution in [0.4, 0.5) is 0 Å². The van der Waals surface area contributed by atoms with Crippen LogP contribution in [-0.2, 0) is 23.5 Å². The van der Waals surface area contributed by atoms with E-state index in [4.69, 9.17) is 13.9 Å². The summed E-state index contributed by atoms with van der Waals surface area (Å²) >= 11 is 0. The van der Waals surface area contributed by atoms with E-state index in [-0.39, 0.29) is 16.9 Å². The van der Waals surface area contributed by atoms with Gasteiger partial charge in [0.15, 0.2) is 8.32 Å². The minimum Gasteiger partial charge on any atom is -0.466 e. The number of hydrogen-bond acceptors (Lipinski definition) is 5. The van der Waals surface area contributed by atoms with E-state index in [0.29, 0.717) is 18.6 Å². The molecular formula is C17H26O5Si. The molecule has 1 aliphatic carbocycles. The van der Waals surface area contributed by atoms with Gasteiger partial charge in [0.05, 0.1) is 25.2 Å². The van der Waals surface area contributed by atoms with Gasteiger partial charge < -0.3 is 13.9 Å². The average Bonchev–Trinajstić information content (AvgIpc) is 2.88. The lowest BCUT2D eigenvalue weighted by Crippen LogP contribution is -2.42. The number of carbonyl (C=O) groups is 2. The topological polar surface area (TPSA) is 61.8 Å². The molecule has 0 fully saturated rings. The highest BCUT2D eigenvalue weighted by Gasteiger charge is 2.45. The highest BCUT2D eigenvalue weighted by atomic mass is 28.4. The van der Waals surface area contributed by atoms with E-state index >= 15 is 0 Å². The molecule has 5 nitrogen and oxygen atoms in total. The van der Waals surface area contributed by atoms with E-state index in [9.17, 15) is 9.59 Å². The summed E-state index contributed by atoms with van der Waals surface area (Å²) in [6.45, 7) is 11.3. The molecule has 1 heterocycles. The molecule has 0 aromatic rings. The first-order valence-electron chi connectivity index (χ1n) is 7.90. The Hall–Kier alpha value is -1.40. The second-order valence-corrected chi connectivity index (χ2v) is 12.5. The van der Waals surface area contributed by atoms with Crippen LogP contribution in [0.2, 0.25) is 18.1 Å². The fraction of sp³-hybridized carbons (Fsp3) is 0.647. The van der Waals surface area contributed by atoms with Gasteiger partial charge in [0, 0.05) is 5.92 Å². The molecule has 0 amide bonds. The van der Waals surface area contributed by atoms with E-state index < -0.39 is 20.2 Å². The van der Waals surface area contributed by atoms with E-state index in [0.717, 1.165) is 5.57 Å². The molecule has 0 saturated carbocycles. The quantitative estimate of drug-likeness (QED) is 0.447. The molecule has 2 atom stereocenters. The molecule has 2 rings (SSSR count). The number of esters is 2. The predicted octanol–water partition coefficient (Wildman–Crippen LogP) is 3.18. The highest BCUT2D eigenvalue weighted by Crippen LogP contribution is 2.42. The van der Waals surface area contributed by atoms with Gasteiger partial charge in [-0.2, -0.15) is 0 Å². The fourth-order valence-electron chi connectivity index (χ4n) is 2.65. The van der Waals surface area contributed by atoms with Gasteiger partial charge in [0.25, 0.3) is 0 Å². The van der Waals surface area contributed by atoms with Crippen LogP contribution in [0.5, 0.6) is 0 Å². The van der Waals surface area contributed by atoms with Crippen LogP contribution in [0.25, 0.3) is 0 Å². The molecule has 1 aliphatic heterocycles. The van der Waals surface area contributed by atoms with Gasteiger partial charge in [-0.3, -0.25) is 4.79 Å². The number of carbonyl (C=O) groups excluding carboxylic acids is 2. The molecular weight excluding hydrogens is 312 g/mol. The van der Waals surface area contributed by atoms with Crippen LogP contribution in [0, 0.1) is 11.8 Å². The first kappa shape index (κ1) is 17.9. The Morgan fingerprint density at radius 2 is 2.04 bits per heavy atom. The van der Waals surface area contributed by atoms with Crippen molar-refractivity contribution >= 4 is 20.3 Å². The molecule has 0 radical (unpaired) electrons. The first-order chi connectivity index (χ1) is 10.6. The summed E-state index contributed by atoms with van der Waals surface area (Å²) in [6, 6.07) is 0. The second kappa shape index (κ2) is 6.24. The van der Waals surface area contributed by atoms with Crippen LogP contribution in [0.1, 0.15) is 27.2 Å². The summed E-state index contributed by atoms with van der Waals surface area (Å²) in [4.78, 5) is 24.0. The van der Waals surface area contributed by atoms with Gasteiger partial charge in [0.2, 0.25) is 0 Å². The molecule has 0 bridgehead atoms. The Kier molecular flexibility index (Phi) is 4.87. The first-order valence-corrected chi connectivity index (χ1v) is 10.8. The summed E-state index contributed by atoms with van der Waals surface area (Å²) in [5, 5.41) is 0.107. The normalized spacial score (nSPS) is 24.5. The van der Waals surface area contributed by atoms with Crippen molar-refractivity contribution < 1.29 is 23.5 Å². The lowest BCUT2D eigenvalue weighted by Gasteiger charge is -2.37. The van der Waals surface area contributed by atoms with Gasteiger partial charge in [-0.1, -0.05) is 26.8 Å². The molecule has 0 aromatic heterocycles.